The van der Waals surface area contributed by atoms with Crippen LogP contribution in [-0.4, -0.2) is 22.2 Å². The van der Waals surface area contributed by atoms with Gasteiger partial charge >= 0.3 is 0 Å². The van der Waals surface area contributed by atoms with Gasteiger partial charge in [-0.1, -0.05) is 43.3 Å². The third kappa shape index (κ3) is 3.62. The summed E-state index contributed by atoms with van der Waals surface area (Å²) in [7, 11) is 0. The van der Waals surface area contributed by atoms with Crippen molar-refractivity contribution < 1.29 is 4.92 Å². The second-order valence-electron chi connectivity index (χ2n) is 5.95. The van der Waals surface area contributed by atoms with Gasteiger partial charge in [-0.2, -0.15) is 0 Å². The molecule has 0 aromatic heterocycles. The Labute approximate surface area is 141 Å². The number of amidine groups is 1. The van der Waals surface area contributed by atoms with E-state index in [2.05, 4.69) is 36.1 Å². The molecule has 0 fully saturated rings. The van der Waals surface area contributed by atoms with E-state index in [0.717, 1.165) is 43.9 Å². The molecule has 1 aliphatic heterocycles. The average molecular weight is 323 g/mol. The topological polar surface area (TPSA) is 58.7 Å². The van der Waals surface area contributed by atoms with E-state index >= 15 is 0 Å². The van der Waals surface area contributed by atoms with Crippen molar-refractivity contribution in [2.24, 2.45) is 4.99 Å². The van der Waals surface area contributed by atoms with Gasteiger partial charge in [0.25, 0.3) is 5.69 Å². The number of hydrogen-bond donors (Lipinski definition) is 0. The molecule has 0 unspecified atom stereocenters. The Bertz CT molecular complexity index is 753. The first-order chi connectivity index (χ1) is 11.7. The Kier molecular flexibility index (Phi) is 4.89. The first-order valence-electron chi connectivity index (χ1n) is 8.25. The number of nitrogens with zero attached hydrogens (tertiary/aromatic N) is 3. The van der Waals surface area contributed by atoms with Crippen molar-refractivity contribution in [2.75, 3.05) is 6.54 Å². The second kappa shape index (κ2) is 7.25. The largest absolute Gasteiger partial charge is 0.356 e. The Morgan fingerprint density at radius 3 is 2.50 bits per heavy atom. The normalized spacial score (nSPS) is 13.9. The number of non-ortho nitro benzene ring substituents is 1. The highest BCUT2D eigenvalue weighted by Crippen LogP contribution is 2.19. The van der Waals surface area contributed by atoms with Gasteiger partial charge in [0, 0.05) is 31.6 Å². The summed E-state index contributed by atoms with van der Waals surface area (Å²) >= 11 is 0. The maximum absolute atomic E-state index is 10.7. The predicted molar refractivity (Wildman–Crippen MR) is 95.1 cm³/mol. The van der Waals surface area contributed by atoms with Gasteiger partial charge in [-0.3, -0.25) is 15.1 Å². The van der Waals surface area contributed by atoms with E-state index in [4.69, 9.17) is 4.99 Å². The van der Waals surface area contributed by atoms with Gasteiger partial charge < -0.3 is 4.90 Å². The van der Waals surface area contributed by atoms with Crippen LogP contribution in [0.3, 0.4) is 0 Å². The van der Waals surface area contributed by atoms with Gasteiger partial charge in [-0.15, -0.1) is 0 Å². The lowest BCUT2D eigenvalue weighted by atomic mass is 10.1. The molecule has 0 N–H and O–H groups in total. The van der Waals surface area contributed by atoms with Crippen LogP contribution >= 0.6 is 0 Å². The summed E-state index contributed by atoms with van der Waals surface area (Å²) in [6.45, 7) is 4.61. The lowest BCUT2D eigenvalue weighted by molar-refractivity contribution is -0.384. The van der Waals surface area contributed by atoms with Crippen molar-refractivity contribution in [2.45, 2.75) is 32.9 Å². The molecule has 24 heavy (non-hydrogen) atoms. The minimum Gasteiger partial charge on any atom is -0.356 e. The number of hydrogen-bond acceptors (Lipinski definition) is 4. The standard InChI is InChI=1S/C19H21N3O2/c1-2-19-20-13-16-5-3-4-6-17(16)14-21(19)12-11-15-7-9-18(10-8-15)22(23)24/h3-10H,2,11-14H2,1H3. The molecule has 2 aromatic rings. The van der Waals surface area contributed by atoms with E-state index in [0.29, 0.717) is 0 Å². The summed E-state index contributed by atoms with van der Waals surface area (Å²) in [5.74, 6) is 1.13. The predicted octanol–water partition coefficient (Wildman–Crippen LogP) is 3.96. The van der Waals surface area contributed by atoms with Crippen molar-refractivity contribution in [3.8, 4) is 0 Å². The highest BCUT2D eigenvalue weighted by atomic mass is 16.6. The van der Waals surface area contributed by atoms with Crippen molar-refractivity contribution in [1.29, 1.82) is 0 Å². The number of rotatable bonds is 5. The maximum Gasteiger partial charge on any atom is 0.269 e. The van der Waals surface area contributed by atoms with Crippen molar-refractivity contribution in [3.63, 3.8) is 0 Å². The van der Waals surface area contributed by atoms with Crippen LogP contribution in [0.1, 0.15) is 30.0 Å². The minimum atomic E-state index is -0.364. The molecule has 0 spiro atoms. The number of nitro groups is 1. The van der Waals surface area contributed by atoms with Gasteiger partial charge in [0.2, 0.25) is 0 Å². The average Bonchev–Trinajstić information content (AvgIpc) is 2.79. The molecular weight excluding hydrogens is 302 g/mol. The molecule has 0 amide bonds. The molecule has 1 aliphatic rings. The summed E-state index contributed by atoms with van der Waals surface area (Å²) in [6.07, 6.45) is 1.76. The van der Waals surface area contributed by atoms with Crippen LogP contribution in [-0.2, 0) is 19.5 Å². The molecule has 3 rings (SSSR count). The third-order valence-corrected chi connectivity index (χ3v) is 4.41. The van der Waals surface area contributed by atoms with Gasteiger partial charge in [-0.25, -0.2) is 0 Å². The second-order valence-corrected chi connectivity index (χ2v) is 5.95. The Balaban J connectivity index is 1.71. The Morgan fingerprint density at radius 1 is 1.12 bits per heavy atom. The highest BCUT2D eigenvalue weighted by molar-refractivity contribution is 5.82. The van der Waals surface area contributed by atoms with E-state index in [9.17, 15) is 10.1 Å². The minimum absolute atomic E-state index is 0.137. The fourth-order valence-electron chi connectivity index (χ4n) is 3.03. The van der Waals surface area contributed by atoms with E-state index in [-0.39, 0.29) is 10.6 Å². The van der Waals surface area contributed by atoms with Gasteiger partial charge in [0.15, 0.2) is 0 Å². The molecule has 0 aliphatic carbocycles. The first kappa shape index (κ1) is 16.2. The summed E-state index contributed by atoms with van der Waals surface area (Å²) in [5, 5.41) is 10.7. The summed E-state index contributed by atoms with van der Waals surface area (Å²) in [5.41, 5.74) is 3.86. The van der Waals surface area contributed by atoms with Gasteiger partial charge in [-0.05, 0) is 23.1 Å². The molecule has 5 heteroatoms. The molecule has 2 aromatic carbocycles. The van der Waals surface area contributed by atoms with Crippen LogP contribution in [0.2, 0.25) is 0 Å². The molecule has 0 atom stereocenters. The van der Waals surface area contributed by atoms with E-state index in [1.807, 2.05) is 12.1 Å². The Hall–Kier alpha value is -2.69. The van der Waals surface area contributed by atoms with Gasteiger partial charge in [0.1, 0.15) is 0 Å². The first-order valence-corrected chi connectivity index (χ1v) is 8.25. The monoisotopic (exact) mass is 323 g/mol. The van der Waals surface area contributed by atoms with Crippen LogP contribution in [0, 0.1) is 10.1 Å². The van der Waals surface area contributed by atoms with E-state index in [1.54, 1.807) is 12.1 Å². The molecule has 1 heterocycles. The molecule has 124 valence electrons. The van der Waals surface area contributed by atoms with Crippen LogP contribution in [0.25, 0.3) is 0 Å². The van der Waals surface area contributed by atoms with Crippen molar-refractivity contribution >= 4 is 11.5 Å². The zero-order valence-electron chi connectivity index (χ0n) is 13.8. The van der Waals surface area contributed by atoms with Crippen LogP contribution in [0.15, 0.2) is 53.5 Å². The van der Waals surface area contributed by atoms with Crippen molar-refractivity contribution in [3.05, 3.63) is 75.3 Å². The zero-order chi connectivity index (χ0) is 16.9. The number of nitro benzene ring substituents is 1. The lowest BCUT2D eigenvalue weighted by Gasteiger charge is -2.24. The SMILES string of the molecule is CCC1=NCc2ccccc2CN1CCc1ccc([N+](=O)[O-])cc1. The van der Waals surface area contributed by atoms with E-state index in [1.165, 1.54) is 11.1 Å². The highest BCUT2D eigenvalue weighted by Gasteiger charge is 2.16. The number of aliphatic imine (C=N–C) groups is 1. The number of fused-ring (bicyclic) bond motifs is 1. The van der Waals surface area contributed by atoms with Crippen molar-refractivity contribution in [1.82, 2.24) is 4.90 Å². The maximum atomic E-state index is 10.7. The number of benzene rings is 2. The smallest absolute Gasteiger partial charge is 0.269 e. The fourth-order valence-corrected chi connectivity index (χ4v) is 3.03. The van der Waals surface area contributed by atoms with Crippen LogP contribution < -0.4 is 0 Å². The molecule has 0 bridgehead atoms. The summed E-state index contributed by atoms with van der Waals surface area (Å²) in [4.78, 5) is 17.5. The lowest BCUT2D eigenvalue weighted by Crippen LogP contribution is -2.31. The van der Waals surface area contributed by atoms with E-state index < -0.39 is 0 Å². The molecular formula is C19H21N3O2. The molecule has 0 radical (unpaired) electrons. The summed E-state index contributed by atoms with van der Waals surface area (Å²) < 4.78 is 0. The van der Waals surface area contributed by atoms with Crippen LogP contribution in [0.5, 0.6) is 0 Å². The zero-order valence-corrected chi connectivity index (χ0v) is 13.8. The van der Waals surface area contributed by atoms with Crippen LogP contribution in [0.4, 0.5) is 5.69 Å². The summed E-state index contributed by atoms with van der Waals surface area (Å²) in [6, 6.07) is 15.3. The quantitative estimate of drug-likeness (QED) is 0.618. The third-order valence-electron chi connectivity index (χ3n) is 4.41. The fraction of sp³-hybridized carbons (Fsp3) is 0.316. The van der Waals surface area contributed by atoms with Gasteiger partial charge in [0.05, 0.1) is 17.3 Å². The Morgan fingerprint density at radius 2 is 1.83 bits per heavy atom. The molecule has 0 saturated heterocycles. The molecule has 0 saturated carbocycles. The molecule has 5 nitrogen and oxygen atoms in total.